The summed E-state index contributed by atoms with van der Waals surface area (Å²) in [6.45, 7) is 0.470. The van der Waals surface area contributed by atoms with E-state index in [9.17, 15) is 105 Å². The molecule has 0 bridgehead atoms. The molecule has 4 N–H and O–H groups in total. The molecule has 1 fully saturated rings. The first kappa shape index (κ1) is 53.7. The summed E-state index contributed by atoms with van der Waals surface area (Å²) in [7, 11) is -5.93. The maximum atomic E-state index is 14.6. The molecular weight excluding hydrogens is 833 g/mol. The normalized spacial score (nSPS) is 24.5. The van der Waals surface area contributed by atoms with Crippen molar-refractivity contribution in [3.05, 3.63) is 0 Å². The van der Waals surface area contributed by atoms with E-state index in [2.05, 4.69) is 13.8 Å². The quantitative estimate of drug-likeness (QED) is 0.0555. The van der Waals surface area contributed by atoms with E-state index in [-0.39, 0.29) is 42.4 Å². The minimum Gasteiger partial charge on any atom is -0.756 e. The van der Waals surface area contributed by atoms with Crippen molar-refractivity contribution in [2.45, 2.75) is 156 Å². The molecule has 1 heterocycles. The van der Waals surface area contributed by atoms with Crippen molar-refractivity contribution in [2.75, 3.05) is 6.61 Å². The maximum absolute atomic E-state index is 14.6. The Labute approximate surface area is 317 Å². The Morgan fingerprint density at radius 1 is 0.630 bits per heavy atom. The molecule has 1 aliphatic rings. The summed E-state index contributed by atoms with van der Waals surface area (Å²) in [5.74, 6) is -57.8. The predicted octanol–water partition coefficient (Wildman–Crippen LogP) is 3.59. The summed E-state index contributed by atoms with van der Waals surface area (Å²) >= 11 is 0. The largest absolute Gasteiger partial charge is 1.00 e. The Morgan fingerprint density at radius 3 is 1.52 bits per heavy atom. The maximum Gasteiger partial charge on any atom is 1.00 e. The van der Waals surface area contributed by atoms with Gasteiger partial charge in [0, 0.05) is 6.42 Å². The molecular formula is C26H35F17NaO9P. The standard InChI is InChI=1S/C26H36F17O9P.Na/c1-2-3-4-5-6-7-8-9-13(52-53(48,49)50-12-14-15(44)16(45)17(46)18(47)51-14)10-11-19(27,28)20(29,30)21(31,32)22(33,34)23(35,36)24(37,38)25(39,40)26(41,42)43;/h13-18,44-47H,2-12H2,1H3,(H,48,49);/q;+1/p-1/t13?,14-,15-,16+,17-,18?;/m1./s1. The van der Waals surface area contributed by atoms with Gasteiger partial charge in [0.25, 0.3) is 7.82 Å². The van der Waals surface area contributed by atoms with E-state index < -0.39 is 118 Å². The molecule has 7 atom stereocenters. The van der Waals surface area contributed by atoms with Crippen LogP contribution in [0, 0.1) is 0 Å². The molecule has 9 nitrogen and oxygen atoms in total. The minimum atomic E-state index is -8.79. The number of aliphatic hydroxyl groups is 4. The molecule has 318 valence electrons. The number of alkyl halides is 17. The summed E-state index contributed by atoms with van der Waals surface area (Å²) in [6, 6.07) is 0. The third-order valence-corrected chi connectivity index (χ3v) is 9.08. The fraction of sp³-hybridized carbons (Fsp3) is 1.00. The van der Waals surface area contributed by atoms with Crippen LogP contribution in [0.25, 0.3) is 0 Å². The molecule has 0 amide bonds. The molecule has 0 aromatic heterocycles. The Morgan fingerprint density at radius 2 is 1.06 bits per heavy atom. The average Bonchev–Trinajstić information content (AvgIpc) is 3.01. The van der Waals surface area contributed by atoms with Gasteiger partial charge >= 0.3 is 77.2 Å². The van der Waals surface area contributed by atoms with Crippen LogP contribution < -0.4 is 34.5 Å². The van der Waals surface area contributed by atoms with E-state index in [1.807, 2.05) is 6.92 Å². The van der Waals surface area contributed by atoms with Crippen LogP contribution in [-0.4, -0.2) is 111 Å². The van der Waals surface area contributed by atoms with E-state index in [0.29, 0.717) is 19.3 Å². The van der Waals surface area contributed by atoms with Gasteiger partial charge in [0.1, 0.15) is 24.4 Å². The monoisotopic (exact) mass is 868 g/mol. The van der Waals surface area contributed by atoms with Crippen LogP contribution in [0.3, 0.4) is 0 Å². The van der Waals surface area contributed by atoms with Crippen molar-refractivity contribution >= 4 is 7.82 Å². The molecule has 28 heteroatoms. The van der Waals surface area contributed by atoms with Gasteiger partial charge in [-0.25, -0.2) is 0 Å². The van der Waals surface area contributed by atoms with Crippen molar-refractivity contribution in [3.63, 3.8) is 0 Å². The third-order valence-electron chi connectivity index (χ3n) is 8.06. The molecule has 0 aromatic rings. The first-order valence-electron chi connectivity index (χ1n) is 15.3. The summed E-state index contributed by atoms with van der Waals surface area (Å²) in [4.78, 5) is 12.4. The molecule has 0 aromatic carbocycles. The fourth-order valence-corrected chi connectivity index (χ4v) is 5.69. The predicted molar refractivity (Wildman–Crippen MR) is 140 cm³/mol. The molecule has 0 radical (unpaired) electrons. The molecule has 0 saturated carbocycles. The van der Waals surface area contributed by atoms with Gasteiger partial charge in [0.15, 0.2) is 6.29 Å². The van der Waals surface area contributed by atoms with E-state index in [4.69, 9.17) is 0 Å². The summed E-state index contributed by atoms with van der Waals surface area (Å²) in [5.41, 5.74) is 0. The minimum absolute atomic E-state index is 0. The second-order valence-electron chi connectivity index (χ2n) is 12.1. The third kappa shape index (κ3) is 11.3. The number of phosphoric ester groups is 1. The zero-order chi connectivity index (χ0) is 41.9. The summed E-state index contributed by atoms with van der Waals surface area (Å²) < 4.78 is 258. The Balaban J connectivity index is 0.0000281. The van der Waals surface area contributed by atoms with Gasteiger partial charge in [-0.2, -0.15) is 74.6 Å². The van der Waals surface area contributed by atoms with Gasteiger partial charge in [-0.1, -0.05) is 51.9 Å². The molecule has 54 heavy (non-hydrogen) atoms. The first-order valence-corrected chi connectivity index (χ1v) is 16.8. The molecule has 1 aliphatic heterocycles. The second-order valence-corrected chi connectivity index (χ2v) is 13.5. The van der Waals surface area contributed by atoms with Crippen LogP contribution in [0.5, 0.6) is 0 Å². The average molecular weight is 868 g/mol. The SMILES string of the molecule is CCCCCCCCCC(CCC(F)(F)C(F)(F)C(F)(F)C(F)(F)C(F)(F)C(F)(F)C(F)(F)C(F)(F)F)OP(=O)([O-])OC[C@H]1OC(O)[C@H](O)[C@@H](O)[C@@H]1O.[Na+]. The van der Waals surface area contributed by atoms with Gasteiger partial charge in [0.05, 0.1) is 12.7 Å². The van der Waals surface area contributed by atoms with Crippen molar-refractivity contribution in [2.24, 2.45) is 0 Å². The van der Waals surface area contributed by atoms with Crippen molar-refractivity contribution in [3.8, 4) is 0 Å². The second kappa shape index (κ2) is 19.2. The smallest absolute Gasteiger partial charge is 0.756 e. The van der Waals surface area contributed by atoms with Crippen molar-refractivity contribution in [1.29, 1.82) is 0 Å². The number of phosphoric acid groups is 1. The number of aliphatic hydroxyl groups excluding tert-OH is 4. The van der Waals surface area contributed by atoms with Crippen LogP contribution in [0.4, 0.5) is 74.6 Å². The van der Waals surface area contributed by atoms with E-state index in [0.717, 1.165) is 12.8 Å². The number of unbranched alkanes of at least 4 members (excludes halogenated alkanes) is 6. The van der Waals surface area contributed by atoms with Gasteiger partial charge in [0.2, 0.25) is 0 Å². The topological polar surface area (TPSA) is 149 Å². The Hall–Kier alpha value is -0.280. The number of halogens is 17. The number of rotatable bonds is 22. The zero-order valence-corrected chi connectivity index (χ0v) is 30.8. The molecule has 1 rings (SSSR count). The molecule has 3 unspecified atom stereocenters. The Kier molecular flexibility index (Phi) is 19.1. The number of hydrogen-bond donors (Lipinski definition) is 4. The van der Waals surface area contributed by atoms with Crippen molar-refractivity contribution in [1.82, 2.24) is 0 Å². The van der Waals surface area contributed by atoms with Crippen LogP contribution >= 0.6 is 7.82 Å². The molecule has 0 aliphatic carbocycles. The van der Waals surface area contributed by atoms with Gasteiger partial charge < -0.3 is 39.1 Å². The fourth-order valence-electron chi connectivity index (χ4n) is 4.72. The molecule has 0 spiro atoms. The number of ether oxygens (including phenoxy) is 1. The van der Waals surface area contributed by atoms with Gasteiger partial charge in [-0.3, -0.25) is 4.57 Å². The van der Waals surface area contributed by atoms with Crippen molar-refractivity contribution < 1.29 is 148 Å². The zero-order valence-electron chi connectivity index (χ0n) is 27.9. The van der Waals surface area contributed by atoms with Gasteiger partial charge in [-0.05, 0) is 12.8 Å². The van der Waals surface area contributed by atoms with Crippen LogP contribution in [0.15, 0.2) is 0 Å². The first-order chi connectivity index (χ1) is 23.6. The number of hydrogen-bond acceptors (Lipinski definition) is 9. The molecule has 1 saturated heterocycles. The van der Waals surface area contributed by atoms with E-state index in [1.54, 1.807) is 0 Å². The summed E-state index contributed by atoms with van der Waals surface area (Å²) in [5, 5.41) is 38.5. The Bertz CT molecular complexity index is 1220. The van der Waals surface area contributed by atoms with Crippen LogP contribution in [0.1, 0.15) is 71.1 Å². The van der Waals surface area contributed by atoms with Crippen LogP contribution in [-0.2, 0) is 18.3 Å². The van der Waals surface area contributed by atoms with Crippen LogP contribution in [0.2, 0.25) is 0 Å². The van der Waals surface area contributed by atoms with E-state index in [1.165, 1.54) is 0 Å². The summed E-state index contributed by atoms with van der Waals surface area (Å²) in [6.07, 6.45) is -23.4. The van der Waals surface area contributed by atoms with E-state index >= 15 is 0 Å². The van der Waals surface area contributed by atoms with Gasteiger partial charge in [-0.15, -0.1) is 0 Å².